The average molecular weight is 356 g/mol. The van der Waals surface area contributed by atoms with Crippen molar-refractivity contribution in [1.29, 1.82) is 0 Å². The number of carbonyl (C=O) groups is 1. The van der Waals surface area contributed by atoms with E-state index < -0.39 is 0 Å². The number of amides is 1. The fourth-order valence-corrected chi connectivity index (χ4v) is 2.41. The summed E-state index contributed by atoms with van der Waals surface area (Å²) in [5.41, 5.74) is 2.51. The summed E-state index contributed by atoms with van der Waals surface area (Å²) in [5.74, 6) is 1.09. The van der Waals surface area contributed by atoms with Gasteiger partial charge in [0.25, 0.3) is 5.91 Å². The van der Waals surface area contributed by atoms with Crippen molar-refractivity contribution in [3.8, 4) is 5.75 Å². The zero-order valence-corrected chi connectivity index (χ0v) is 14.7. The van der Waals surface area contributed by atoms with Crippen LogP contribution in [0.4, 0.5) is 5.82 Å². The number of carbonyl (C=O) groups excluding carboxylic acids is 1. The van der Waals surface area contributed by atoms with Gasteiger partial charge in [0, 0.05) is 29.9 Å². The molecule has 3 aromatic rings. The van der Waals surface area contributed by atoms with Crippen LogP contribution in [0.2, 0.25) is 5.02 Å². The molecule has 0 bridgehead atoms. The first-order chi connectivity index (χ1) is 12.0. The third-order valence-corrected chi connectivity index (χ3v) is 4.13. The Labute approximate surface area is 151 Å². The quantitative estimate of drug-likeness (QED) is 0.745. The summed E-state index contributed by atoms with van der Waals surface area (Å²) in [4.78, 5) is 12.2. The molecule has 2 aromatic carbocycles. The van der Waals surface area contributed by atoms with Crippen LogP contribution in [0.5, 0.6) is 5.75 Å². The van der Waals surface area contributed by atoms with Crippen LogP contribution in [0.25, 0.3) is 0 Å². The second kappa shape index (κ2) is 7.40. The van der Waals surface area contributed by atoms with Gasteiger partial charge in [-0.3, -0.25) is 9.48 Å². The molecule has 0 atom stereocenters. The van der Waals surface area contributed by atoms with Gasteiger partial charge >= 0.3 is 0 Å². The minimum Gasteiger partial charge on any atom is -0.489 e. The van der Waals surface area contributed by atoms with E-state index in [1.807, 2.05) is 37.3 Å². The molecule has 0 saturated heterocycles. The molecule has 0 aliphatic heterocycles. The highest BCUT2D eigenvalue weighted by atomic mass is 35.5. The third kappa shape index (κ3) is 4.39. The van der Waals surface area contributed by atoms with E-state index in [0.717, 1.165) is 21.9 Å². The van der Waals surface area contributed by atoms with E-state index in [9.17, 15) is 4.79 Å². The van der Waals surface area contributed by atoms with Gasteiger partial charge in [-0.05, 0) is 48.4 Å². The maximum Gasteiger partial charge on any atom is 0.256 e. The molecule has 1 aromatic heterocycles. The molecule has 0 aliphatic carbocycles. The summed E-state index contributed by atoms with van der Waals surface area (Å²) in [7, 11) is 1.80. The van der Waals surface area contributed by atoms with Crippen molar-refractivity contribution in [1.82, 2.24) is 9.78 Å². The largest absolute Gasteiger partial charge is 0.489 e. The number of ether oxygens (including phenoxy) is 1. The molecule has 1 heterocycles. The molecule has 0 unspecified atom stereocenters. The molecule has 1 amide bonds. The van der Waals surface area contributed by atoms with E-state index >= 15 is 0 Å². The van der Waals surface area contributed by atoms with E-state index in [0.29, 0.717) is 18.0 Å². The lowest BCUT2D eigenvalue weighted by Gasteiger charge is -2.08. The normalized spacial score (nSPS) is 10.5. The first-order valence-corrected chi connectivity index (χ1v) is 8.18. The highest BCUT2D eigenvalue weighted by Crippen LogP contribution is 2.22. The molecule has 6 heteroatoms. The summed E-state index contributed by atoms with van der Waals surface area (Å²) in [5, 5.41) is 7.60. The van der Waals surface area contributed by atoms with Crippen molar-refractivity contribution >= 4 is 23.3 Å². The van der Waals surface area contributed by atoms with E-state index in [1.165, 1.54) is 0 Å². The molecule has 0 aliphatic rings. The first kappa shape index (κ1) is 17.0. The number of anilines is 1. The Morgan fingerprint density at radius 2 is 1.96 bits per heavy atom. The molecule has 1 N–H and O–H groups in total. The smallest absolute Gasteiger partial charge is 0.256 e. The molecule has 0 spiro atoms. The van der Waals surface area contributed by atoms with Crippen molar-refractivity contribution in [3.05, 3.63) is 76.4 Å². The third-order valence-electron chi connectivity index (χ3n) is 3.71. The van der Waals surface area contributed by atoms with Crippen LogP contribution in [-0.4, -0.2) is 15.7 Å². The Bertz CT molecular complexity index is 888. The van der Waals surface area contributed by atoms with E-state index in [4.69, 9.17) is 16.3 Å². The predicted octanol–water partition coefficient (Wildman–Crippen LogP) is 4.21. The second-order valence-corrected chi connectivity index (χ2v) is 6.13. The Balaban J connectivity index is 1.59. The van der Waals surface area contributed by atoms with Crippen LogP contribution in [0.1, 0.15) is 21.5 Å². The number of hydrogen-bond donors (Lipinski definition) is 1. The molecule has 5 nitrogen and oxygen atoms in total. The van der Waals surface area contributed by atoms with Gasteiger partial charge in [-0.2, -0.15) is 5.10 Å². The van der Waals surface area contributed by atoms with Crippen molar-refractivity contribution in [2.24, 2.45) is 7.05 Å². The number of aromatic nitrogens is 2. The van der Waals surface area contributed by atoms with Crippen LogP contribution >= 0.6 is 11.6 Å². The average Bonchev–Trinajstić information content (AvgIpc) is 3.01. The van der Waals surface area contributed by atoms with Gasteiger partial charge in [-0.25, -0.2) is 0 Å². The SMILES string of the molecule is Cc1cc(OCc2ccc(C(=O)Nc3ccn(C)n3)cc2)ccc1Cl. The van der Waals surface area contributed by atoms with Gasteiger partial charge < -0.3 is 10.1 Å². The van der Waals surface area contributed by atoms with Crippen molar-refractivity contribution in [2.75, 3.05) is 5.32 Å². The molecular weight excluding hydrogens is 338 g/mol. The number of nitrogens with one attached hydrogen (secondary N) is 1. The van der Waals surface area contributed by atoms with Gasteiger partial charge in [-0.1, -0.05) is 23.7 Å². The predicted molar refractivity (Wildman–Crippen MR) is 98.1 cm³/mol. The van der Waals surface area contributed by atoms with E-state index in [-0.39, 0.29) is 5.91 Å². The molecular formula is C19H18ClN3O2. The van der Waals surface area contributed by atoms with Crippen LogP contribution < -0.4 is 10.1 Å². The number of aryl methyl sites for hydroxylation is 2. The fourth-order valence-electron chi connectivity index (χ4n) is 2.30. The van der Waals surface area contributed by atoms with Gasteiger partial charge in [-0.15, -0.1) is 0 Å². The Morgan fingerprint density at radius 1 is 1.20 bits per heavy atom. The number of hydrogen-bond acceptors (Lipinski definition) is 3. The fraction of sp³-hybridized carbons (Fsp3) is 0.158. The number of benzene rings is 2. The maximum absolute atomic E-state index is 12.2. The summed E-state index contributed by atoms with van der Waals surface area (Å²) < 4.78 is 7.39. The highest BCUT2D eigenvalue weighted by molar-refractivity contribution is 6.31. The molecule has 0 radical (unpaired) electrons. The highest BCUT2D eigenvalue weighted by Gasteiger charge is 2.08. The van der Waals surface area contributed by atoms with Crippen LogP contribution in [0.3, 0.4) is 0 Å². The minimum atomic E-state index is -0.195. The zero-order valence-electron chi connectivity index (χ0n) is 14.0. The summed E-state index contributed by atoms with van der Waals surface area (Å²) in [6.45, 7) is 2.35. The van der Waals surface area contributed by atoms with Crippen molar-refractivity contribution in [3.63, 3.8) is 0 Å². The standard InChI is InChI=1S/C19H18ClN3O2/c1-13-11-16(7-8-17(13)20)25-12-14-3-5-15(6-4-14)19(24)21-18-9-10-23(2)22-18/h3-11H,12H2,1-2H3,(H,21,22,24). The lowest BCUT2D eigenvalue weighted by molar-refractivity contribution is 0.102. The Morgan fingerprint density at radius 3 is 2.60 bits per heavy atom. The minimum absolute atomic E-state index is 0.195. The lowest BCUT2D eigenvalue weighted by atomic mass is 10.1. The molecule has 3 rings (SSSR count). The lowest BCUT2D eigenvalue weighted by Crippen LogP contribution is -2.12. The number of rotatable bonds is 5. The monoisotopic (exact) mass is 355 g/mol. The van der Waals surface area contributed by atoms with Crippen LogP contribution in [0, 0.1) is 6.92 Å². The zero-order chi connectivity index (χ0) is 17.8. The summed E-state index contributed by atoms with van der Waals surface area (Å²) in [6, 6.07) is 14.6. The first-order valence-electron chi connectivity index (χ1n) is 7.80. The van der Waals surface area contributed by atoms with Gasteiger partial charge in [0.1, 0.15) is 12.4 Å². The molecule has 0 saturated carbocycles. The summed E-state index contributed by atoms with van der Waals surface area (Å²) >= 11 is 6.01. The molecule has 0 fully saturated rings. The maximum atomic E-state index is 12.2. The van der Waals surface area contributed by atoms with E-state index in [1.54, 1.807) is 36.1 Å². The van der Waals surface area contributed by atoms with E-state index in [2.05, 4.69) is 10.4 Å². The van der Waals surface area contributed by atoms with Crippen molar-refractivity contribution < 1.29 is 9.53 Å². The molecule has 25 heavy (non-hydrogen) atoms. The second-order valence-electron chi connectivity index (χ2n) is 5.73. The van der Waals surface area contributed by atoms with Gasteiger partial charge in [0.2, 0.25) is 0 Å². The van der Waals surface area contributed by atoms with Gasteiger partial charge in [0.05, 0.1) is 0 Å². The Kier molecular flexibility index (Phi) is 5.05. The molecule has 128 valence electrons. The topological polar surface area (TPSA) is 56.1 Å². The van der Waals surface area contributed by atoms with Crippen LogP contribution in [0.15, 0.2) is 54.7 Å². The Hall–Kier alpha value is -2.79. The van der Waals surface area contributed by atoms with Crippen LogP contribution in [-0.2, 0) is 13.7 Å². The summed E-state index contributed by atoms with van der Waals surface area (Å²) in [6.07, 6.45) is 1.77. The van der Waals surface area contributed by atoms with Crippen molar-refractivity contribution in [2.45, 2.75) is 13.5 Å². The van der Waals surface area contributed by atoms with Gasteiger partial charge in [0.15, 0.2) is 5.82 Å². The number of nitrogens with zero attached hydrogens (tertiary/aromatic N) is 2. The number of halogens is 1.